The minimum atomic E-state index is 0.983. The van der Waals surface area contributed by atoms with Crippen LogP contribution in [0.3, 0.4) is 0 Å². The highest BCUT2D eigenvalue weighted by Gasteiger charge is 2.27. The molecule has 350 valence electrons. The van der Waals surface area contributed by atoms with Crippen LogP contribution >= 0.6 is 0 Å². The van der Waals surface area contributed by atoms with E-state index in [4.69, 9.17) is 0 Å². The van der Waals surface area contributed by atoms with Crippen LogP contribution in [0.5, 0.6) is 0 Å². The van der Waals surface area contributed by atoms with Gasteiger partial charge in [-0.2, -0.15) is 0 Å². The molecule has 70 heavy (non-hydrogen) atoms. The smallest absolute Gasteiger partial charge is 0.0546 e. The van der Waals surface area contributed by atoms with Gasteiger partial charge in [0.25, 0.3) is 0 Å². The first-order chi connectivity index (χ1) is 34.4. The second-order valence-corrected chi connectivity index (χ2v) is 19.0. The van der Waals surface area contributed by atoms with Crippen LogP contribution in [0.2, 0.25) is 0 Å². The first-order valence-corrected chi connectivity index (χ1v) is 26.3. The second kappa shape index (κ2) is 20.1. The molecule has 0 saturated carbocycles. The van der Waals surface area contributed by atoms with E-state index in [0.29, 0.717) is 0 Å². The van der Waals surface area contributed by atoms with Gasteiger partial charge in [-0.1, -0.05) is 165 Å². The molecular weight excluding hydrogens is 845 g/mol. The summed E-state index contributed by atoms with van der Waals surface area (Å²) in [4.78, 5) is 5.15. The molecule has 0 aliphatic rings. The molecule has 10 aromatic carbocycles. The molecule has 2 heteroatoms. The number of nitrogens with zero attached hydrogens (tertiary/aromatic N) is 2. The van der Waals surface area contributed by atoms with Crippen molar-refractivity contribution in [2.45, 2.75) is 107 Å². The van der Waals surface area contributed by atoms with Crippen molar-refractivity contribution in [3.05, 3.63) is 214 Å². The quantitative estimate of drug-likeness (QED) is 0.0891. The Hall–Kier alpha value is -7.16. The third-order valence-electron chi connectivity index (χ3n) is 15.3. The topological polar surface area (TPSA) is 6.48 Å². The number of aryl methyl sites for hydroxylation is 8. The average molecular weight is 913 g/mol. The van der Waals surface area contributed by atoms with Gasteiger partial charge in [-0.15, -0.1) is 0 Å². The lowest BCUT2D eigenvalue weighted by atomic mass is 9.85. The maximum atomic E-state index is 2.57. The van der Waals surface area contributed by atoms with E-state index in [1.54, 1.807) is 0 Å². The third kappa shape index (κ3) is 8.22. The van der Waals surface area contributed by atoms with E-state index < -0.39 is 0 Å². The molecular formula is C68H68N2. The Balaban J connectivity index is 1.38. The molecule has 0 aliphatic heterocycles. The molecule has 0 aromatic heterocycles. The number of rotatable bonds is 16. The van der Waals surface area contributed by atoms with Crippen LogP contribution in [0.1, 0.15) is 99.9 Å². The van der Waals surface area contributed by atoms with Crippen LogP contribution in [0.15, 0.2) is 170 Å². The summed E-state index contributed by atoms with van der Waals surface area (Å²) in [6.07, 6.45) is 7.99. The fraction of sp³-hybridized carbons (Fsp3) is 0.235. The molecule has 10 aromatic rings. The van der Waals surface area contributed by atoms with Gasteiger partial charge < -0.3 is 9.80 Å². The molecule has 0 atom stereocenters. The molecule has 2 nitrogen and oxygen atoms in total. The molecule has 0 spiro atoms. The van der Waals surface area contributed by atoms with E-state index in [0.717, 1.165) is 51.4 Å². The van der Waals surface area contributed by atoms with Gasteiger partial charge in [0.15, 0.2) is 0 Å². The van der Waals surface area contributed by atoms with Crippen LogP contribution in [-0.2, 0) is 51.4 Å². The SMILES string of the molecule is CCc1ccc(N(c2ccc(CC)c(CC)c2)c2cc(-c3ccccc3)c3ccc4c(N(c5ccc(CC)c(CC)c5)c5ccc(CC)c(CC)c5)cc(-c5ccccc5)c5ccc2c3c54)cc1CC. The summed E-state index contributed by atoms with van der Waals surface area (Å²) < 4.78 is 0. The fourth-order valence-electron chi connectivity index (χ4n) is 11.6. The fourth-order valence-corrected chi connectivity index (χ4v) is 11.6. The Morgan fingerprint density at radius 2 is 0.529 bits per heavy atom. The lowest BCUT2D eigenvalue weighted by molar-refractivity contribution is 1.03. The van der Waals surface area contributed by atoms with Crippen LogP contribution in [0.4, 0.5) is 34.1 Å². The Morgan fingerprint density at radius 3 is 0.800 bits per heavy atom. The van der Waals surface area contributed by atoms with Crippen LogP contribution in [0.25, 0.3) is 54.6 Å². The Kier molecular flexibility index (Phi) is 13.3. The minimum absolute atomic E-state index is 0.983. The molecule has 0 aliphatic carbocycles. The summed E-state index contributed by atoms with van der Waals surface area (Å²) in [5, 5.41) is 7.60. The Morgan fingerprint density at radius 1 is 0.257 bits per heavy atom. The highest BCUT2D eigenvalue weighted by molar-refractivity contribution is 6.32. The molecule has 0 amide bonds. The van der Waals surface area contributed by atoms with Crippen molar-refractivity contribution in [3.8, 4) is 22.3 Å². The van der Waals surface area contributed by atoms with Crippen molar-refractivity contribution < 1.29 is 0 Å². The molecule has 0 N–H and O–H groups in total. The monoisotopic (exact) mass is 913 g/mol. The average Bonchev–Trinajstić information content (AvgIpc) is 3.42. The maximum Gasteiger partial charge on any atom is 0.0546 e. The number of hydrogen-bond acceptors (Lipinski definition) is 2. The lowest BCUT2D eigenvalue weighted by Gasteiger charge is -2.32. The van der Waals surface area contributed by atoms with Crippen LogP contribution < -0.4 is 9.80 Å². The predicted octanol–water partition coefficient (Wildman–Crippen LogP) is 19.4. The van der Waals surface area contributed by atoms with Crippen molar-refractivity contribution in [1.82, 2.24) is 0 Å². The first kappa shape index (κ1) is 46.6. The van der Waals surface area contributed by atoms with Gasteiger partial charge in [0.2, 0.25) is 0 Å². The van der Waals surface area contributed by atoms with Crippen molar-refractivity contribution in [1.29, 1.82) is 0 Å². The van der Waals surface area contributed by atoms with Gasteiger partial charge in [0.1, 0.15) is 0 Å². The second-order valence-electron chi connectivity index (χ2n) is 19.0. The van der Waals surface area contributed by atoms with E-state index in [9.17, 15) is 0 Å². The summed E-state index contributed by atoms with van der Waals surface area (Å²) in [6.45, 7) is 18.3. The van der Waals surface area contributed by atoms with Gasteiger partial charge in [-0.05, 0) is 190 Å². The van der Waals surface area contributed by atoms with E-state index in [1.165, 1.54) is 133 Å². The standard InChI is InChI=1S/C68H68N2/c1-9-45-27-31-55(39-49(45)13-5)69(56-32-28-46(10-2)50(14-6)40-56)65-43-63(53-23-19-17-20-24-53)59-36-38-62-66(44-64(54-25-21-18-22-26-54)60-35-37-61(65)67(59)68(60)62)70(57-33-29-47(11-3)51(15-7)41-57)58-34-30-48(12-4)52(16-8)42-58/h17-44H,9-16H2,1-8H3. The predicted molar refractivity (Wildman–Crippen MR) is 305 cm³/mol. The molecule has 0 fully saturated rings. The van der Waals surface area contributed by atoms with Gasteiger partial charge in [-0.25, -0.2) is 0 Å². The van der Waals surface area contributed by atoms with Crippen molar-refractivity contribution in [2.75, 3.05) is 9.80 Å². The normalized spacial score (nSPS) is 11.6. The molecule has 0 heterocycles. The van der Waals surface area contributed by atoms with E-state index in [2.05, 4.69) is 235 Å². The zero-order valence-electron chi connectivity index (χ0n) is 42.7. The van der Waals surface area contributed by atoms with Crippen molar-refractivity contribution >= 4 is 66.4 Å². The highest BCUT2D eigenvalue weighted by atomic mass is 15.2. The summed E-state index contributed by atoms with van der Waals surface area (Å²) in [5.41, 5.74) is 23.3. The first-order valence-electron chi connectivity index (χ1n) is 26.3. The molecule has 0 unspecified atom stereocenters. The van der Waals surface area contributed by atoms with Gasteiger partial charge in [0, 0.05) is 44.3 Å². The molecule has 0 radical (unpaired) electrons. The maximum absolute atomic E-state index is 2.57. The summed E-state index contributed by atoms with van der Waals surface area (Å²) in [6, 6.07) is 65.7. The van der Waals surface area contributed by atoms with Gasteiger partial charge in [0.05, 0.1) is 11.4 Å². The number of anilines is 6. The minimum Gasteiger partial charge on any atom is -0.310 e. The largest absolute Gasteiger partial charge is 0.310 e. The Labute approximate surface area is 417 Å². The van der Waals surface area contributed by atoms with E-state index in [-0.39, 0.29) is 0 Å². The van der Waals surface area contributed by atoms with Crippen molar-refractivity contribution in [3.63, 3.8) is 0 Å². The lowest BCUT2D eigenvalue weighted by Crippen LogP contribution is -2.14. The van der Waals surface area contributed by atoms with Crippen molar-refractivity contribution in [2.24, 2.45) is 0 Å². The third-order valence-corrected chi connectivity index (χ3v) is 15.3. The van der Waals surface area contributed by atoms with E-state index >= 15 is 0 Å². The summed E-state index contributed by atoms with van der Waals surface area (Å²) in [5.74, 6) is 0. The molecule has 0 bridgehead atoms. The molecule has 10 rings (SSSR count). The van der Waals surface area contributed by atoms with Gasteiger partial charge >= 0.3 is 0 Å². The number of benzene rings is 10. The summed E-state index contributed by atoms with van der Waals surface area (Å²) >= 11 is 0. The van der Waals surface area contributed by atoms with E-state index in [1.807, 2.05) is 0 Å². The van der Waals surface area contributed by atoms with Crippen LogP contribution in [-0.4, -0.2) is 0 Å². The highest BCUT2D eigenvalue weighted by Crippen LogP contribution is 2.52. The Bertz CT molecular complexity index is 3130. The summed E-state index contributed by atoms with van der Waals surface area (Å²) in [7, 11) is 0. The van der Waals surface area contributed by atoms with Crippen LogP contribution in [0, 0.1) is 0 Å². The molecule has 0 saturated heterocycles. The number of hydrogen-bond donors (Lipinski definition) is 0. The zero-order chi connectivity index (χ0) is 48.5. The zero-order valence-corrected chi connectivity index (χ0v) is 42.7. The van der Waals surface area contributed by atoms with Gasteiger partial charge in [-0.3, -0.25) is 0 Å².